The maximum absolute atomic E-state index is 13.4. The third-order valence-corrected chi connectivity index (χ3v) is 2.67. The lowest BCUT2D eigenvalue weighted by Crippen LogP contribution is -2.39. The first kappa shape index (κ1) is 14.2. The standard InChI is InChI=1S/C11H12Cl2FNO2/c1-17-6-8(5-12)15-11(16)9-3-2-7(13)4-10(9)14/h2-4,8H,5-6H2,1H3,(H,15,16). The first-order chi connectivity index (χ1) is 8.08. The number of rotatable bonds is 5. The highest BCUT2D eigenvalue weighted by molar-refractivity contribution is 6.30. The smallest absolute Gasteiger partial charge is 0.254 e. The minimum absolute atomic E-state index is 0.0689. The zero-order valence-corrected chi connectivity index (χ0v) is 10.7. The quantitative estimate of drug-likeness (QED) is 0.841. The van der Waals surface area contributed by atoms with Crippen molar-refractivity contribution in [3.63, 3.8) is 0 Å². The summed E-state index contributed by atoms with van der Waals surface area (Å²) in [6.45, 7) is 0.268. The van der Waals surface area contributed by atoms with Crippen LogP contribution in [-0.4, -0.2) is 31.5 Å². The highest BCUT2D eigenvalue weighted by Gasteiger charge is 2.16. The molecule has 0 saturated heterocycles. The number of carbonyl (C=O) groups excluding carboxylic acids is 1. The summed E-state index contributed by atoms with van der Waals surface area (Å²) < 4.78 is 18.3. The van der Waals surface area contributed by atoms with Gasteiger partial charge in [-0.2, -0.15) is 0 Å². The number of ether oxygens (including phenoxy) is 1. The summed E-state index contributed by atoms with van der Waals surface area (Å²) in [5.74, 6) is -1.02. The topological polar surface area (TPSA) is 38.3 Å². The zero-order valence-electron chi connectivity index (χ0n) is 9.17. The minimum atomic E-state index is -0.666. The molecule has 1 unspecified atom stereocenters. The minimum Gasteiger partial charge on any atom is -0.383 e. The number of hydrogen-bond donors (Lipinski definition) is 1. The Bertz CT molecular complexity index is 401. The van der Waals surface area contributed by atoms with Gasteiger partial charge in [0.25, 0.3) is 5.91 Å². The lowest BCUT2D eigenvalue weighted by molar-refractivity contribution is 0.0903. The second-order valence-electron chi connectivity index (χ2n) is 3.40. The van der Waals surface area contributed by atoms with Crippen molar-refractivity contribution < 1.29 is 13.9 Å². The normalized spacial score (nSPS) is 12.2. The number of hydrogen-bond acceptors (Lipinski definition) is 2. The van der Waals surface area contributed by atoms with Gasteiger partial charge in [0.2, 0.25) is 0 Å². The van der Waals surface area contributed by atoms with E-state index in [1.165, 1.54) is 19.2 Å². The molecule has 6 heteroatoms. The maximum atomic E-state index is 13.4. The van der Waals surface area contributed by atoms with Gasteiger partial charge in [-0.15, -0.1) is 11.6 Å². The Kier molecular flexibility index (Phi) is 5.68. The molecule has 0 aromatic heterocycles. The van der Waals surface area contributed by atoms with Gasteiger partial charge in [-0.3, -0.25) is 4.79 Å². The van der Waals surface area contributed by atoms with Crippen LogP contribution >= 0.6 is 23.2 Å². The average Bonchev–Trinajstić information content (AvgIpc) is 2.28. The summed E-state index contributed by atoms with van der Waals surface area (Å²) in [5.41, 5.74) is -0.0689. The molecule has 0 fully saturated rings. The van der Waals surface area contributed by atoms with Gasteiger partial charge in [0.05, 0.1) is 18.2 Å². The van der Waals surface area contributed by atoms with Crippen LogP contribution in [0.25, 0.3) is 0 Å². The van der Waals surface area contributed by atoms with E-state index in [1.54, 1.807) is 0 Å². The van der Waals surface area contributed by atoms with E-state index >= 15 is 0 Å². The van der Waals surface area contributed by atoms with Crippen molar-refractivity contribution in [1.29, 1.82) is 0 Å². The number of carbonyl (C=O) groups is 1. The van der Waals surface area contributed by atoms with Gasteiger partial charge in [0.15, 0.2) is 0 Å². The highest BCUT2D eigenvalue weighted by atomic mass is 35.5. The molecule has 0 aliphatic rings. The van der Waals surface area contributed by atoms with Crippen molar-refractivity contribution in [2.45, 2.75) is 6.04 Å². The van der Waals surface area contributed by atoms with Gasteiger partial charge in [-0.05, 0) is 18.2 Å². The van der Waals surface area contributed by atoms with Crippen LogP contribution in [0.1, 0.15) is 10.4 Å². The van der Waals surface area contributed by atoms with E-state index in [4.69, 9.17) is 27.9 Å². The molecular formula is C11H12Cl2FNO2. The first-order valence-corrected chi connectivity index (χ1v) is 5.80. The molecule has 0 heterocycles. The number of halogens is 3. The van der Waals surface area contributed by atoms with E-state index in [0.29, 0.717) is 0 Å². The van der Waals surface area contributed by atoms with Crippen LogP contribution in [0.2, 0.25) is 5.02 Å². The van der Waals surface area contributed by atoms with Crippen LogP contribution in [0.15, 0.2) is 18.2 Å². The lowest BCUT2D eigenvalue weighted by Gasteiger charge is -2.15. The number of amides is 1. The van der Waals surface area contributed by atoms with E-state index in [0.717, 1.165) is 6.07 Å². The van der Waals surface area contributed by atoms with E-state index < -0.39 is 11.7 Å². The predicted molar refractivity (Wildman–Crippen MR) is 65.3 cm³/mol. The van der Waals surface area contributed by atoms with Crippen molar-refractivity contribution in [3.05, 3.63) is 34.6 Å². The van der Waals surface area contributed by atoms with E-state index in [9.17, 15) is 9.18 Å². The molecule has 0 radical (unpaired) electrons. The molecule has 1 aromatic carbocycles. The number of benzene rings is 1. The van der Waals surface area contributed by atoms with Crippen LogP contribution in [-0.2, 0) is 4.74 Å². The fourth-order valence-electron chi connectivity index (χ4n) is 1.26. The van der Waals surface area contributed by atoms with Crippen molar-refractivity contribution in [1.82, 2.24) is 5.32 Å². The SMILES string of the molecule is COCC(CCl)NC(=O)c1ccc(Cl)cc1F. The van der Waals surface area contributed by atoms with Crippen LogP contribution in [0.4, 0.5) is 4.39 Å². The fraction of sp³-hybridized carbons (Fsp3) is 0.364. The highest BCUT2D eigenvalue weighted by Crippen LogP contribution is 2.14. The molecule has 1 atom stereocenters. The molecule has 17 heavy (non-hydrogen) atoms. The van der Waals surface area contributed by atoms with Crippen LogP contribution in [0, 0.1) is 5.82 Å². The van der Waals surface area contributed by atoms with Crippen LogP contribution in [0.3, 0.4) is 0 Å². The molecule has 1 N–H and O–H groups in total. The van der Waals surface area contributed by atoms with Crippen LogP contribution < -0.4 is 5.32 Å². The van der Waals surface area contributed by atoms with Crippen molar-refractivity contribution in [2.75, 3.05) is 19.6 Å². The van der Waals surface area contributed by atoms with Gasteiger partial charge < -0.3 is 10.1 Å². The Morgan fingerprint density at radius 1 is 1.59 bits per heavy atom. The third-order valence-electron chi connectivity index (χ3n) is 2.07. The summed E-state index contributed by atoms with van der Waals surface area (Å²) in [7, 11) is 1.49. The van der Waals surface area contributed by atoms with Crippen molar-refractivity contribution in [2.24, 2.45) is 0 Å². The molecule has 94 valence electrons. The largest absolute Gasteiger partial charge is 0.383 e. The van der Waals surface area contributed by atoms with Crippen molar-refractivity contribution in [3.8, 4) is 0 Å². The predicted octanol–water partition coefficient (Wildman–Crippen LogP) is 2.46. The van der Waals surface area contributed by atoms with E-state index in [2.05, 4.69) is 5.32 Å². The average molecular weight is 280 g/mol. The molecule has 0 spiro atoms. The second-order valence-corrected chi connectivity index (χ2v) is 4.15. The Morgan fingerprint density at radius 3 is 2.82 bits per heavy atom. The first-order valence-electron chi connectivity index (χ1n) is 4.89. The summed E-state index contributed by atoms with van der Waals surface area (Å²) in [5, 5.41) is 2.81. The Hall–Kier alpha value is -0.840. The summed E-state index contributed by atoms with van der Waals surface area (Å²) in [4.78, 5) is 11.7. The molecular weight excluding hydrogens is 268 g/mol. The fourth-order valence-corrected chi connectivity index (χ4v) is 1.59. The van der Waals surface area contributed by atoms with E-state index in [-0.39, 0.29) is 29.1 Å². The Labute approximate surface area is 109 Å². The maximum Gasteiger partial charge on any atom is 0.254 e. The molecule has 0 bridgehead atoms. The van der Waals surface area contributed by atoms with Gasteiger partial charge in [0, 0.05) is 18.0 Å². The second kappa shape index (κ2) is 6.79. The number of nitrogens with one attached hydrogen (secondary N) is 1. The molecule has 0 aliphatic carbocycles. The third kappa shape index (κ3) is 4.15. The lowest BCUT2D eigenvalue weighted by atomic mass is 10.2. The van der Waals surface area contributed by atoms with E-state index in [1.807, 2.05) is 0 Å². The number of methoxy groups -OCH3 is 1. The molecule has 1 rings (SSSR count). The van der Waals surface area contributed by atoms with Gasteiger partial charge in [-0.25, -0.2) is 4.39 Å². The van der Waals surface area contributed by atoms with Gasteiger partial charge in [0.1, 0.15) is 5.82 Å². The molecule has 0 aliphatic heterocycles. The summed E-state index contributed by atoms with van der Waals surface area (Å²) >= 11 is 11.2. The molecule has 1 amide bonds. The molecule has 0 saturated carbocycles. The Morgan fingerprint density at radius 2 is 2.29 bits per heavy atom. The van der Waals surface area contributed by atoms with Gasteiger partial charge in [-0.1, -0.05) is 11.6 Å². The summed E-state index contributed by atoms with van der Waals surface area (Å²) in [6.07, 6.45) is 0. The molecule has 1 aromatic rings. The number of alkyl halides is 1. The monoisotopic (exact) mass is 279 g/mol. The molecule has 3 nitrogen and oxygen atoms in total. The Balaban J connectivity index is 2.75. The van der Waals surface area contributed by atoms with Crippen LogP contribution in [0.5, 0.6) is 0 Å². The van der Waals surface area contributed by atoms with Crippen molar-refractivity contribution >= 4 is 29.1 Å². The zero-order chi connectivity index (χ0) is 12.8. The summed E-state index contributed by atoms with van der Waals surface area (Å²) in [6, 6.07) is 3.50. The van der Waals surface area contributed by atoms with Gasteiger partial charge >= 0.3 is 0 Å².